The van der Waals surface area contributed by atoms with E-state index in [1.165, 1.54) is 7.11 Å². The highest BCUT2D eigenvalue weighted by atomic mass is 16.6. The summed E-state index contributed by atoms with van der Waals surface area (Å²) in [5.74, 6) is -0.0370. The summed E-state index contributed by atoms with van der Waals surface area (Å²) in [6.07, 6.45) is 2.49. The first-order valence-corrected chi connectivity index (χ1v) is 2.76. The Balaban J connectivity index is 2.64. The average Bonchev–Trinajstić information content (AvgIpc) is 1.89. The lowest BCUT2D eigenvalue weighted by Crippen LogP contribution is -2.14. The summed E-state index contributed by atoms with van der Waals surface area (Å²) >= 11 is 0. The van der Waals surface area contributed by atoms with E-state index in [0.717, 1.165) is 6.42 Å². The number of cyclic esters (lactones) is 1. The predicted molar refractivity (Wildman–Crippen MR) is 30.7 cm³/mol. The summed E-state index contributed by atoms with van der Waals surface area (Å²) in [4.78, 5) is 10.6. The highest BCUT2D eigenvalue weighted by Crippen LogP contribution is 2.06. The van der Waals surface area contributed by atoms with E-state index >= 15 is 0 Å². The molecular formula is C6H8O3. The molecule has 3 heteroatoms. The molecule has 0 aromatic carbocycles. The quantitative estimate of drug-likeness (QED) is 0.481. The van der Waals surface area contributed by atoms with Gasteiger partial charge in [-0.15, -0.1) is 0 Å². The number of esters is 1. The van der Waals surface area contributed by atoms with Gasteiger partial charge in [0.2, 0.25) is 0 Å². The SMILES string of the molecule is COC1=CCCOC1=O. The number of methoxy groups -OCH3 is 1. The molecule has 1 aliphatic heterocycles. The molecule has 0 fully saturated rings. The summed E-state index contributed by atoms with van der Waals surface area (Å²) < 4.78 is 9.34. The average molecular weight is 128 g/mol. The first-order chi connectivity index (χ1) is 4.34. The Labute approximate surface area is 53.3 Å². The van der Waals surface area contributed by atoms with Crippen LogP contribution in [-0.2, 0) is 14.3 Å². The smallest absolute Gasteiger partial charge is 0.373 e. The normalized spacial score (nSPS) is 18.3. The molecule has 0 aliphatic carbocycles. The minimum Gasteiger partial charge on any atom is -0.490 e. The minimum atomic E-state index is -0.358. The highest BCUT2D eigenvalue weighted by molar-refractivity contribution is 5.86. The molecule has 0 aromatic heterocycles. The van der Waals surface area contributed by atoms with Crippen molar-refractivity contribution in [3.05, 3.63) is 11.8 Å². The topological polar surface area (TPSA) is 35.5 Å². The number of ether oxygens (including phenoxy) is 2. The van der Waals surface area contributed by atoms with Crippen LogP contribution in [0.3, 0.4) is 0 Å². The van der Waals surface area contributed by atoms with Crippen LogP contribution in [0.4, 0.5) is 0 Å². The van der Waals surface area contributed by atoms with Gasteiger partial charge >= 0.3 is 5.97 Å². The summed E-state index contributed by atoms with van der Waals surface area (Å²) in [6, 6.07) is 0. The van der Waals surface area contributed by atoms with Gasteiger partial charge in [-0.2, -0.15) is 0 Å². The van der Waals surface area contributed by atoms with Crippen molar-refractivity contribution in [1.82, 2.24) is 0 Å². The lowest BCUT2D eigenvalue weighted by molar-refractivity contribution is -0.143. The largest absolute Gasteiger partial charge is 0.490 e. The second kappa shape index (κ2) is 2.53. The first-order valence-electron chi connectivity index (χ1n) is 2.76. The number of rotatable bonds is 1. The third-order valence-corrected chi connectivity index (χ3v) is 1.10. The van der Waals surface area contributed by atoms with E-state index in [2.05, 4.69) is 9.47 Å². The number of hydrogen-bond donors (Lipinski definition) is 0. The summed E-state index contributed by atoms with van der Waals surface area (Å²) in [6.45, 7) is 0.478. The second-order valence-corrected chi connectivity index (χ2v) is 1.70. The van der Waals surface area contributed by atoms with Crippen LogP contribution in [-0.4, -0.2) is 19.7 Å². The summed E-state index contributed by atoms with van der Waals surface area (Å²) in [5, 5.41) is 0. The molecule has 0 saturated heterocycles. The van der Waals surface area contributed by atoms with Gasteiger partial charge in [0.25, 0.3) is 0 Å². The molecule has 50 valence electrons. The monoisotopic (exact) mass is 128 g/mol. The van der Waals surface area contributed by atoms with Crippen molar-refractivity contribution < 1.29 is 14.3 Å². The Morgan fingerprint density at radius 3 is 3.00 bits per heavy atom. The van der Waals surface area contributed by atoms with Crippen LogP contribution >= 0.6 is 0 Å². The molecule has 1 rings (SSSR count). The Hall–Kier alpha value is -0.990. The Kier molecular flexibility index (Phi) is 1.72. The van der Waals surface area contributed by atoms with Crippen molar-refractivity contribution in [3.8, 4) is 0 Å². The lowest BCUT2D eigenvalue weighted by atomic mass is 10.3. The standard InChI is InChI=1S/C6H8O3/c1-8-5-3-2-4-9-6(5)7/h3H,2,4H2,1H3. The van der Waals surface area contributed by atoms with E-state index in [9.17, 15) is 4.79 Å². The maximum Gasteiger partial charge on any atom is 0.373 e. The molecule has 1 aliphatic rings. The van der Waals surface area contributed by atoms with Crippen LogP contribution in [0.5, 0.6) is 0 Å². The van der Waals surface area contributed by atoms with Crippen LogP contribution < -0.4 is 0 Å². The van der Waals surface area contributed by atoms with Crippen molar-refractivity contribution >= 4 is 5.97 Å². The van der Waals surface area contributed by atoms with Gasteiger partial charge in [0.05, 0.1) is 13.7 Å². The van der Waals surface area contributed by atoms with E-state index in [4.69, 9.17) is 0 Å². The van der Waals surface area contributed by atoms with E-state index < -0.39 is 0 Å². The van der Waals surface area contributed by atoms with Crippen LogP contribution in [0.15, 0.2) is 11.8 Å². The summed E-state index contributed by atoms with van der Waals surface area (Å²) in [7, 11) is 1.46. The fourth-order valence-electron chi connectivity index (χ4n) is 0.663. The highest BCUT2D eigenvalue weighted by Gasteiger charge is 2.13. The molecular weight excluding hydrogens is 120 g/mol. The zero-order chi connectivity index (χ0) is 6.69. The Bertz CT molecular complexity index is 148. The number of carbonyl (C=O) groups excluding carboxylic acids is 1. The molecule has 9 heavy (non-hydrogen) atoms. The fraction of sp³-hybridized carbons (Fsp3) is 0.500. The summed E-state index contributed by atoms with van der Waals surface area (Å²) in [5.41, 5.74) is 0. The van der Waals surface area contributed by atoms with Crippen LogP contribution in [0.1, 0.15) is 6.42 Å². The van der Waals surface area contributed by atoms with E-state index in [-0.39, 0.29) is 5.97 Å². The van der Waals surface area contributed by atoms with Crippen LogP contribution in [0.2, 0.25) is 0 Å². The number of carbonyl (C=O) groups is 1. The van der Waals surface area contributed by atoms with Gasteiger partial charge in [-0.1, -0.05) is 0 Å². The van der Waals surface area contributed by atoms with Gasteiger partial charge in [0, 0.05) is 6.42 Å². The zero-order valence-corrected chi connectivity index (χ0v) is 5.22. The van der Waals surface area contributed by atoms with Gasteiger partial charge in [0.15, 0.2) is 5.76 Å². The molecule has 0 aromatic rings. The molecule has 3 nitrogen and oxygen atoms in total. The zero-order valence-electron chi connectivity index (χ0n) is 5.22. The van der Waals surface area contributed by atoms with Gasteiger partial charge in [0.1, 0.15) is 0 Å². The third-order valence-electron chi connectivity index (χ3n) is 1.10. The maximum atomic E-state index is 10.6. The number of hydrogen-bond acceptors (Lipinski definition) is 3. The molecule has 0 atom stereocenters. The van der Waals surface area contributed by atoms with Gasteiger partial charge in [-0.3, -0.25) is 0 Å². The molecule has 1 heterocycles. The molecule has 0 bridgehead atoms. The minimum absolute atomic E-state index is 0.321. The van der Waals surface area contributed by atoms with Crippen molar-refractivity contribution in [2.75, 3.05) is 13.7 Å². The van der Waals surface area contributed by atoms with Gasteiger partial charge < -0.3 is 9.47 Å². The van der Waals surface area contributed by atoms with Crippen molar-refractivity contribution in [2.45, 2.75) is 6.42 Å². The third kappa shape index (κ3) is 1.22. The molecule has 0 radical (unpaired) electrons. The second-order valence-electron chi connectivity index (χ2n) is 1.70. The predicted octanol–water partition coefficient (Wildman–Crippen LogP) is 0.464. The molecule has 0 unspecified atom stereocenters. The van der Waals surface area contributed by atoms with Crippen molar-refractivity contribution in [1.29, 1.82) is 0 Å². The molecule has 0 spiro atoms. The first kappa shape index (κ1) is 6.13. The Morgan fingerprint density at radius 2 is 2.56 bits per heavy atom. The molecule has 0 N–H and O–H groups in total. The maximum absolute atomic E-state index is 10.6. The van der Waals surface area contributed by atoms with Gasteiger partial charge in [-0.25, -0.2) is 4.79 Å². The van der Waals surface area contributed by atoms with Crippen LogP contribution in [0, 0.1) is 0 Å². The molecule has 0 saturated carbocycles. The van der Waals surface area contributed by atoms with Crippen molar-refractivity contribution in [2.24, 2.45) is 0 Å². The van der Waals surface area contributed by atoms with Crippen molar-refractivity contribution in [3.63, 3.8) is 0 Å². The fourth-order valence-corrected chi connectivity index (χ4v) is 0.663. The van der Waals surface area contributed by atoms with E-state index in [1.54, 1.807) is 6.08 Å². The lowest BCUT2D eigenvalue weighted by Gasteiger charge is -2.10. The Morgan fingerprint density at radius 1 is 1.78 bits per heavy atom. The van der Waals surface area contributed by atoms with E-state index in [1.807, 2.05) is 0 Å². The van der Waals surface area contributed by atoms with Gasteiger partial charge in [-0.05, 0) is 6.08 Å². The van der Waals surface area contributed by atoms with Crippen LogP contribution in [0.25, 0.3) is 0 Å². The molecule has 0 amide bonds. The van der Waals surface area contributed by atoms with E-state index in [0.29, 0.717) is 12.4 Å².